The number of hydrogen-bond donors (Lipinski definition) is 2. The monoisotopic (exact) mass is 243 g/mol. The van der Waals surface area contributed by atoms with E-state index in [9.17, 15) is 9.90 Å². The van der Waals surface area contributed by atoms with Crippen LogP contribution in [0.2, 0.25) is 0 Å². The Bertz CT molecular complexity index is 258. The molecule has 0 saturated carbocycles. The lowest BCUT2D eigenvalue weighted by molar-refractivity contribution is -0.136. The molecular weight excluding hydrogens is 218 g/mol. The van der Waals surface area contributed by atoms with Gasteiger partial charge in [-0.3, -0.25) is 4.79 Å². The number of likely N-dealkylation sites (tertiary alicyclic amines) is 1. The lowest BCUT2D eigenvalue weighted by Gasteiger charge is -2.29. The molecule has 17 heavy (non-hydrogen) atoms. The van der Waals surface area contributed by atoms with Gasteiger partial charge >= 0.3 is 0 Å². The normalized spacial score (nSPS) is 26.6. The third-order valence-corrected chi connectivity index (χ3v) is 3.27. The van der Waals surface area contributed by atoms with Crippen LogP contribution in [-0.2, 0) is 4.79 Å². The minimum Gasteiger partial charge on any atom is -0.391 e. The van der Waals surface area contributed by atoms with Crippen LogP contribution in [0.1, 0.15) is 19.8 Å². The predicted octanol–water partition coefficient (Wildman–Crippen LogP) is -0.505. The Morgan fingerprint density at radius 1 is 1.59 bits per heavy atom. The molecule has 5 nitrogen and oxygen atoms in total. The van der Waals surface area contributed by atoms with Crippen LogP contribution < -0.4 is 5.73 Å². The second kappa shape index (κ2) is 6.33. The number of carbonyl (C=O) groups excluding carboxylic acids is 1. The molecule has 0 aromatic rings. The Hall–Kier alpha value is -0.650. The van der Waals surface area contributed by atoms with Gasteiger partial charge in [0.2, 0.25) is 5.91 Å². The highest BCUT2D eigenvalue weighted by Gasteiger charge is 2.35. The van der Waals surface area contributed by atoms with Crippen LogP contribution in [0.3, 0.4) is 0 Å². The Balaban J connectivity index is 2.62. The number of aliphatic hydroxyl groups is 1. The van der Waals surface area contributed by atoms with E-state index < -0.39 is 0 Å². The minimum atomic E-state index is -0.381. The topological polar surface area (TPSA) is 69.8 Å². The van der Waals surface area contributed by atoms with Crippen LogP contribution in [-0.4, -0.2) is 66.7 Å². The molecule has 1 rings (SSSR count). The van der Waals surface area contributed by atoms with Crippen molar-refractivity contribution in [1.82, 2.24) is 9.80 Å². The Labute approximate surface area is 104 Å². The van der Waals surface area contributed by atoms with Gasteiger partial charge in [0.15, 0.2) is 0 Å². The van der Waals surface area contributed by atoms with Gasteiger partial charge in [-0.05, 0) is 33.5 Å². The van der Waals surface area contributed by atoms with Gasteiger partial charge in [-0.25, -0.2) is 0 Å². The van der Waals surface area contributed by atoms with E-state index in [2.05, 4.69) is 4.90 Å². The zero-order chi connectivity index (χ0) is 13.0. The lowest BCUT2D eigenvalue weighted by atomic mass is 10.1. The molecule has 1 fully saturated rings. The van der Waals surface area contributed by atoms with Crippen molar-refractivity contribution in [3.63, 3.8) is 0 Å². The van der Waals surface area contributed by atoms with Crippen molar-refractivity contribution in [3.05, 3.63) is 0 Å². The maximum atomic E-state index is 12.2. The second-order valence-electron chi connectivity index (χ2n) is 5.27. The van der Waals surface area contributed by atoms with Gasteiger partial charge < -0.3 is 20.6 Å². The first-order chi connectivity index (χ1) is 7.95. The second-order valence-corrected chi connectivity index (χ2v) is 5.27. The average molecular weight is 243 g/mol. The molecular formula is C12H25N3O2. The minimum absolute atomic E-state index is 0.0463. The summed E-state index contributed by atoms with van der Waals surface area (Å²) < 4.78 is 0. The van der Waals surface area contributed by atoms with E-state index in [0.717, 1.165) is 6.54 Å². The molecule has 100 valence electrons. The zero-order valence-electron chi connectivity index (χ0n) is 11.1. The summed E-state index contributed by atoms with van der Waals surface area (Å²) in [4.78, 5) is 16.1. The largest absolute Gasteiger partial charge is 0.391 e. The van der Waals surface area contributed by atoms with E-state index in [1.165, 1.54) is 0 Å². The highest BCUT2D eigenvalue weighted by Crippen LogP contribution is 2.21. The van der Waals surface area contributed by atoms with Gasteiger partial charge in [0, 0.05) is 25.0 Å². The zero-order valence-corrected chi connectivity index (χ0v) is 11.1. The van der Waals surface area contributed by atoms with E-state index in [4.69, 9.17) is 5.73 Å². The smallest absolute Gasteiger partial charge is 0.225 e. The molecule has 0 aromatic carbocycles. The summed E-state index contributed by atoms with van der Waals surface area (Å²) in [5.74, 6) is 0.0776. The number of aliphatic hydroxyl groups excluding tert-OH is 1. The summed E-state index contributed by atoms with van der Waals surface area (Å²) in [7, 11) is 3.97. The quantitative estimate of drug-likeness (QED) is 0.682. The summed E-state index contributed by atoms with van der Waals surface area (Å²) in [6, 6.07) is 0.132. The van der Waals surface area contributed by atoms with E-state index in [1.54, 1.807) is 0 Å². The van der Waals surface area contributed by atoms with Gasteiger partial charge in [0.25, 0.3) is 0 Å². The number of β-amino-alcohol motifs (C(OH)–C–C–N with tert-alkyl or cyclic N) is 1. The standard InChI is InChI=1S/C12H25N3O2/c1-9(4-5-13)12(17)15-8-11(16)6-10(15)7-14(2)3/h9-11,16H,4-8,13H2,1-3H3. The van der Waals surface area contributed by atoms with E-state index in [0.29, 0.717) is 25.9 Å². The van der Waals surface area contributed by atoms with Gasteiger partial charge in [0.05, 0.1) is 6.10 Å². The molecule has 3 N–H and O–H groups in total. The van der Waals surface area contributed by atoms with Crippen LogP contribution in [0.15, 0.2) is 0 Å². The molecule has 0 radical (unpaired) electrons. The van der Waals surface area contributed by atoms with Crippen molar-refractivity contribution in [1.29, 1.82) is 0 Å². The van der Waals surface area contributed by atoms with Gasteiger partial charge in [-0.15, -0.1) is 0 Å². The van der Waals surface area contributed by atoms with E-state index in [1.807, 2.05) is 25.9 Å². The molecule has 0 aliphatic carbocycles. The van der Waals surface area contributed by atoms with Crippen molar-refractivity contribution < 1.29 is 9.90 Å². The highest BCUT2D eigenvalue weighted by atomic mass is 16.3. The first-order valence-corrected chi connectivity index (χ1v) is 6.29. The Morgan fingerprint density at radius 2 is 2.24 bits per heavy atom. The number of likely N-dealkylation sites (N-methyl/N-ethyl adjacent to an activating group) is 1. The number of nitrogens with zero attached hydrogens (tertiary/aromatic N) is 2. The van der Waals surface area contributed by atoms with Crippen LogP contribution in [0.25, 0.3) is 0 Å². The van der Waals surface area contributed by atoms with E-state index in [-0.39, 0.29) is 24.0 Å². The molecule has 1 heterocycles. The fourth-order valence-electron chi connectivity index (χ4n) is 2.41. The van der Waals surface area contributed by atoms with Crippen molar-refractivity contribution in [3.8, 4) is 0 Å². The van der Waals surface area contributed by atoms with Crippen molar-refractivity contribution in [2.75, 3.05) is 33.7 Å². The fourth-order valence-corrected chi connectivity index (χ4v) is 2.41. The fraction of sp³-hybridized carbons (Fsp3) is 0.917. The van der Waals surface area contributed by atoms with Gasteiger partial charge in [0.1, 0.15) is 0 Å². The van der Waals surface area contributed by atoms with Crippen LogP contribution in [0.4, 0.5) is 0 Å². The number of carbonyl (C=O) groups is 1. The number of amides is 1. The Morgan fingerprint density at radius 3 is 2.76 bits per heavy atom. The summed E-state index contributed by atoms with van der Waals surface area (Å²) in [5, 5.41) is 9.71. The number of hydrogen-bond acceptors (Lipinski definition) is 4. The molecule has 1 saturated heterocycles. The van der Waals surface area contributed by atoms with Crippen LogP contribution in [0, 0.1) is 5.92 Å². The third kappa shape index (κ3) is 3.94. The molecule has 1 aliphatic rings. The highest BCUT2D eigenvalue weighted by molar-refractivity contribution is 5.79. The summed E-state index contributed by atoms with van der Waals surface area (Å²) in [6.07, 6.45) is 1.01. The average Bonchev–Trinajstić information content (AvgIpc) is 2.57. The predicted molar refractivity (Wildman–Crippen MR) is 67.5 cm³/mol. The molecule has 1 amide bonds. The lowest BCUT2D eigenvalue weighted by Crippen LogP contribution is -2.44. The SMILES string of the molecule is CC(CCN)C(=O)N1CC(O)CC1CN(C)C. The third-order valence-electron chi connectivity index (χ3n) is 3.27. The van der Waals surface area contributed by atoms with Crippen LogP contribution >= 0.6 is 0 Å². The Kier molecular flexibility index (Phi) is 5.36. The summed E-state index contributed by atoms with van der Waals surface area (Å²) >= 11 is 0. The van der Waals surface area contributed by atoms with Crippen LogP contribution in [0.5, 0.6) is 0 Å². The summed E-state index contributed by atoms with van der Waals surface area (Å²) in [5.41, 5.74) is 5.48. The molecule has 0 spiro atoms. The molecule has 0 aromatic heterocycles. The van der Waals surface area contributed by atoms with E-state index >= 15 is 0 Å². The molecule has 5 heteroatoms. The molecule has 3 atom stereocenters. The molecule has 1 aliphatic heterocycles. The molecule has 3 unspecified atom stereocenters. The first-order valence-electron chi connectivity index (χ1n) is 6.29. The van der Waals surface area contributed by atoms with Crippen molar-refractivity contribution >= 4 is 5.91 Å². The van der Waals surface area contributed by atoms with Gasteiger partial charge in [-0.1, -0.05) is 6.92 Å². The molecule has 0 bridgehead atoms. The van der Waals surface area contributed by atoms with Gasteiger partial charge in [-0.2, -0.15) is 0 Å². The first kappa shape index (κ1) is 14.4. The number of rotatable bonds is 5. The van der Waals surface area contributed by atoms with Crippen molar-refractivity contribution in [2.24, 2.45) is 11.7 Å². The maximum absolute atomic E-state index is 12.2. The summed E-state index contributed by atoms with van der Waals surface area (Å²) in [6.45, 7) is 3.71. The maximum Gasteiger partial charge on any atom is 0.225 e. The van der Waals surface area contributed by atoms with Crippen molar-refractivity contribution in [2.45, 2.75) is 31.9 Å². The number of nitrogens with two attached hydrogens (primary N) is 1.